The van der Waals surface area contributed by atoms with Gasteiger partial charge in [0, 0.05) is 11.6 Å². The molecule has 1 amide bonds. The van der Waals surface area contributed by atoms with Crippen LogP contribution in [0.1, 0.15) is 11.1 Å². The Balaban J connectivity index is 1.87. The number of carbonyl (C=O) groups excluding carboxylic acids is 1. The molecule has 5 nitrogen and oxygen atoms in total. The van der Waals surface area contributed by atoms with Crippen LogP contribution < -0.4 is 9.62 Å². The highest BCUT2D eigenvalue weighted by atomic mass is 35.5. The number of aryl methyl sites for hydroxylation is 1. The van der Waals surface area contributed by atoms with Crippen LogP contribution in [-0.4, -0.2) is 20.9 Å². The minimum Gasteiger partial charge on any atom is -0.350 e. The van der Waals surface area contributed by atoms with Gasteiger partial charge in [-0.05, 0) is 60.5 Å². The van der Waals surface area contributed by atoms with E-state index in [1.807, 2.05) is 0 Å². The second kappa shape index (κ2) is 9.28. The van der Waals surface area contributed by atoms with Crippen molar-refractivity contribution in [1.29, 1.82) is 0 Å². The highest BCUT2D eigenvalue weighted by Crippen LogP contribution is 2.28. The van der Waals surface area contributed by atoms with E-state index in [1.54, 1.807) is 55.5 Å². The summed E-state index contributed by atoms with van der Waals surface area (Å²) in [5.74, 6) is -0.864. The summed E-state index contributed by atoms with van der Waals surface area (Å²) >= 11 is 6.01. The van der Waals surface area contributed by atoms with Gasteiger partial charge in [0.25, 0.3) is 10.0 Å². The number of rotatable bonds is 7. The van der Waals surface area contributed by atoms with Crippen LogP contribution >= 0.6 is 11.6 Å². The Bertz CT molecular complexity index is 1140. The van der Waals surface area contributed by atoms with Gasteiger partial charge < -0.3 is 5.32 Å². The zero-order valence-corrected chi connectivity index (χ0v) is 17.8. The molecule has 8 heteroatoms. The molecule has 0 aromatic heterocycles. The SMILES string of the molecule is Cc1cc(Cl)ccc1N(CC(=O)NCc1ccc(F)cc1)S(=O)(=O)c1ccccc1. The van der Waals surface area contributed by atoms with Gasteiger partial charge in [-0.25, -0.2) is 12.8 Å². The van der Waals surface area contributed by atoms with Crippen molar-refractivity contribution in [2.75, 3.05) is 10.8 Å². The molecule has 1 N–H and O–H groups in total. The number of nitrogens with zero attached hydrogens (tertiary/aromatic N) is 1. The molecule has 0 aliphatic rings. The zero-order chi connectivity index (χ0) is 21.7. The first-order valence-corrected chi connectivity index (χ1v) is 10.9. The van der Waals surface area contributed by atoms with E-state index in [4.69, 9.17) is 11.6 Å². The van der Waals surface area contributed by atoms with Crippen LogP contribution in [0.2, 0.25) is 5.02 Å². The van der Waals surface area contributed by atoms with Crippen LogP contribution in [0, 0.1) is 12.7 Å². The van der Waals surface area contributed by atoms with E-state index in [1.165, 1.54) is 24.3 Å². The van der Waals surface area contributed by atoms with Crippen LogP contribution in [0.25, 0.3) is 0 Å². The summed E-state index contributed by atoms with van der Waals surface area (Å²) < 4.78 is 40.7. The third kappa shape index (κ3) is 5.17. The van der Waals surface area contributed by atoms with Crippen molar-refractivity contribution in [2.45, 2.75) is 18.4 Å². The Hall–Kier alpha value is -2.90. The molecule has 3 rings (SSSR count). The van der Waals surface area contributed by atoms with E-state index in [2.05, 4.69) is 5.32 Å². The number of benzene rings is 3. The Morgan fingerprint density at radius 3 is 2.33 bits per heavy atom. The maximum Gasteiger partial charge on any atom is 0.264 e. The second-order valence-corrected chi connectivity index (χ2v) is 8.96. The van der Waals surface area contributed by atoms with Gasteiger partial charge in [0.05, 0.1) is 10.6 Å². The average Bonchev–Trinajstić information content (AvgIpc) is 2.73. The van der Waals surface area contributed by atoms with Gasteiger partial charge in [-0.2, -0.15) is 0 Å². The molecule has 30 heavy (non-hydrogen) atoms. The molecular formula is C22H20ClFN2O3S. The number of carbonyl (C=O) groups is 1. The lowest BCUT2D eigenvalue weighted by atomic mass is 10.2. The Kier molecular flexibility index (Phi) is 6.74. The van der Waals surface area contributed by atoms with Crippen LogP contribution in [0.15, 0.2) is 77.7 Å². The van der Waals surface area contributed by atoms with Crippen molar-refractivity contribution in [3.63, 3.8) is 0 Å². The van der Waals surface area contributed by atoms with Gasteiger partial charge in [0.2, 0.25) is 5.91 Å². The summed E-state index contributed by atoms with van der Waals surface area (Å²) in [5.41, 5.74) is 1.68. The summed E-state index contributed by atoms with van der Waals surface area (Å²) in [6.45, 7) is 1.46. The maximum absolute atomic E-state index is 13.3. The molecule has 0 unspecified atom stereocenters. The highest BCUT2D eigenvalue weighted by molar-refractivity contribution is 7.92. The first kappa shape index (κ1) is 21.8. The molecular weight excluding hydrogens is 427 g/mol. The van der Waals surface area contributed by atoms with Gasteiger partial charge in [-0.15, -0.1) is 0 Å². The summed E-state index contributed by atoms with van der Waals surface area (Å²) in [6, 6.07) is 18.4. The topological polar surface area (TPSA) is 66.5 Å². The molecule has 0 atom stereocenters. The fraction of sp³-hybridized carbons (Fsp3) is 0.136. The monoisotopic (exact) mass is 446 g/mol. The van der Waals surface area contributed by atoms with Gasteiger partial charge >= 0.3 is 0 Å². The molecule has 3 aromatic carbocycles. The maximum atomic E-state index is 13.3. The lowest BCUT2D eigenvalue weighted by molar-refractivity contribution is -0.119. The number of sulfonamides is 1. The van der Waals surface area contributed by atoms with E-state index in [9.17, 15) is 17.6 Å². The van der Waals surface area contributed by atoms with Gasteiger partial charge in [0.15, 0.2) is 0 Å². The number of hydrogen-bond acceptors (Lipinski definition) is 3. The third-order valence-corrected chi connectivity index (χ3v) is 6.46. The molecule has 0 aliphatic carbocycles. The molecule has 0 saturated heterocycles. The molecule has 156 valence electrons. The van der Waals surface area contributed by atoms with E-state index >= 15 is 0 Å². The smallest absolute Gasteiger partial charge is 0.264 e. The lowest BCUT2D eigenvalue weighted by Gasteiger charge is -2.25. The predicted octanol–water partition coefficient (Wildman–Crippen LogP) is 4.30. The zero-order valence-electron chi connectivity index (χ0n) is 16.2. The van der Waals surface area contributed by atoms with E-state index < -0.39 is 22.5 Å². The lowest BCUT2D eigenvalue weighted by Crippen LogP contribution is -2.41. The van der Waals surface area contributed by atoms with Crippen LogP contribution in [0.5, 0.6) is 0 Å². The van der Waals surface area contributed by atoms with E-state index in [0.717, 1.165) is 4.31 Å². The number of halogens is 2. The van der Waals surface area contributed by atoms with Crippen molar-refractivity contribution >= 4 is 33.2 Å². The fourth-order valence-corrected chi connectivity index (χ4v) is 4.64. The van der Waals surface area contributed by atoms with E-state index in [0.29, 0.717) is 21.8 Å². The van der Waals surface area contributed by atoms with Crippen LogP contribution in [0.4, 0.5) is 10.1 Å². The number of amides is 1. The molecule has 0 spiro atoms. The fourth-order valence-electron chi connectivity index (χ4n) is 2.91. The van der Waals surface area contributed by atoms with E-state index in [-0.39, 0.29) is 17.3 Å². The Morgan fingerprint density at radius 1 is 1.03 bits per heavy atom. The summed E-state index contributed by atoms with van der Waals surface area (Å²) in [4.78, 5) is 12.7. The molecule has 0 bridgehead atoms. The summed E-state index contributed by atoms with van der Waals surface area (Å²) in [7, 11) is -3.99. The first-order valence-electron chi connectivity index (χ1n) is 9.12. The largest absolute Gasteiger partial charge is 0.350 e. The Morgan fingerprint density at radius 2 is 1.70 bits per heavy atom. The first-order chi connectivity index (χ1) is 14.3. The molecule has 0 saturated carbocycles. The average molecular weight is 447 g/mol. The third-order valence-electron chi connectivity index (χ3n) is 4.45. The quantitative estimate of drug-likeness (QED) is 0.588. The second-order valence-electron chi connectivity index (χ2n) is 6.66. The molecule has 0 fully saturated rings. The molecule has 0 aliphatic heterocycles. The molecule has 0 radical (unpaired) electrons. The number of nitrogens with one attached hydrogen (secondary N) is 1. The van der Waals surface area contributed by atoms with Gasteiger partial charge in [-0.3, -0.25) is 9.10 Å². The minimum absolute atomic E-state index is 0.0747. The number of anilines is 1. The molecule has 0 heterocycles. The molecule has 3 aromatic rings. The minimum atomic E-state index is -3.99. The Labute approximate surface area is 180 Å². The van der Waals surface area contributed by atoms with Crippen LogP contribution in [0.3, 0.4) is 0 Å². The van der Waals surface area contributed by atoms with Gasteiger partial charge in [-0.1, -0.05) is 41.9 Å². The van der Waals surface area contributed by atoms with Crippen molar-refractivity contribution < 1.29 is 17.6 Å². The van der Waals surface area contributed by atoms with Crippen molar-refractivity contribution in [3.8, 4) is 0 Å². The normalized spacial score (nSPS) is 11.2. The number of hydrogen-bond donors (Lipinski definition) is 1. The summed E-state index contributed by atoms with van der Waals surface area (Å²) in [6.07, 6.45) is 0. The van der Waals surface area contributed by atoms with Crippen molar-refractivity contribution in [3.05, 3.63) is 94.8 Å². The summed E-state index contributed by atoms with van der Waals surface area (Å²) in [5, 5.41) is 3.15. The van der Waals surface area contributed by atoms with Crippen molar-refractivity contribution in [1.82, 2.24) is 5.32 Å². The van der Waals surface area contributed by atoms with Crippen molar-refractivity contribution in [2.24, 2.45) is 0 Å². The van der Waals surface area contributed by atoms with Crippen LogP contribution in [-0.2, 0) is 21.4 Å². The van der Waals surface area contributed by atoms with Gasteiger partial charge in [0.1, 0.15) is 12.4 Å². The predicted molar refractivity (Wildman–Crippen MR) is 115 cm³/mol. The standard InChI is InChI=1S/C22H20ClFN2O3S/c1-16-13-18(23)9-12-21(16)26(30(28,29)20-5-3-2-4-6-20)15-22(27)25-14-17-7-10-19(24)11-8-17/h2-13H,14-15H2,1H3,(H,25,27). The highest BCUT2D eigenvalue weighted by Gasteiger charge is 2.28.